The van der Waals surface area contributed by atoms with Crippen LogP contribution in [0.15, 0.2) is 24.3 Å². The van der Waals surface area contributed by atoms with Crippen LogP contribution in [-0.4, -0.2) is 135 Å². The number of hydrogen-bond donors (Lipinski definition) is 5. The molecule has 0 saturated carbocycles. The van der Waals surface area contributed by atoms with Crippen molar-refractivity contribution in [3.05, 3.63) is 29.8 Å². The van der Waals surface area contributed by atoms with Gasteiger partial charge in [0, 0.05) is 25.7 Å². The summed E-state index contributed by atoms with van der Waals surface area (Å²) >= 11 is 0. The van der Waals surface area contributed by atoms with Gasteiger partial charge in [0.05, 0.1) is 32.7 Å². The molecule has 0 aliphatic heterocycles. The quantitative estimate of drug-likeness (QED) is 0.126. The molecule has 0 aromatic heterocycles. The highest BCUT2D eigenvalue weighted by molar-refractivity contribution is 5.73. The van der Waals surface area contributed by atoms with Crippen LogP contribution in [0.3, 0.4) is 0 Å². The molecule has 0 fully saturated rings. The SMILES string of the molecule is C#CCOc1ccc(CC(CN(CCN(CC(=O)O)CC(=O)O)CC(=O)O)N(CC(=O)O)CC(=O)O)cc1. The lowest BCUT2D eigenvalue weighted by atomic mass is 10.0. The number of nitrogens with zero attached hydrogens (tertiary/aromatic N) is 3. The van der Waals surface area contributed by atoms with E-state index in [0.717, 1.165) is 4.90 Å². The first-order valence-corrected chi connectivity index (χ1v) is 11.3. The maximum atomic E-state index is 11.5. The van der Waals surface area contributed by atoms with Crippen LogP contribution < -0.4 is 4.74 Å². The Labute approximate surface area is 218 Å². The predicted octanol–water partition coefficient (Wildman–Crippen LogP) is -1.06. The standard InChI is InChI=1S/C24H31N3O11/c1-2-9-38-19-5-3-17(4-6-19)10-18(27(15-23(34)35)16-24(36)37)11-25(12-20(28)29)7-8-26(13-21(30)31)14-22(32)33/h1,3-6,18H,7-16H2,(H,28,29)(H,30,31)(H,32,33)(H,34,35)(H,36,37). The van der Waals surface area contributed by atoms with Gasteiger partial charge in [0.15, 0.2) is 0 Å². The van der Waals surface area contributed by atoms with Crippen molar-refractivity contribution in [1.29, 1.82) is 0 Å². The minimum absolute atomic E-state index is 0.0535. The maximum Gasteiger partial charge on any atom is 0.317 e. The summed E-state index contributed by atoms with van der Waals surface area (Å²) in [7, 11) is 0. The van der Waals surface area contributed by atoms with Crippen LogP contribution in [0.5, 0.6) is 5.75 Å². The molecule has 1 rings (SSSR count). The summed E-state index contributed by atoms with van der Waals surface area (Å²) in [5, 5.41) is 46.2. The first kappa shape index (κ1) is 31.8. The van der Waals surface area contributed by atoms with Crippen LogP contribution in [-0.2, 0) is 30.4 Å². The van der Waals surface area contributed by atoms with Crippen LogP contribution in [0, 0.1) is 12.3 Å². The smallest absolute Gasteiger partial charge is 0.317 e. The zero-order valence-electron chi connectivity index (χ0n) is 20.6. The van der Waals surface area contributed by atoms with Crippen molar-refractivity contribution < 1.29 is 54.2 Å². The Kier molecular flexibility index (Phi) is 13.9. The lowest BCUT2D eigenvalue weighted by Gasteiger charge is -2.34. The van der Waals surface area contributed by atoms with Gasteiger partial charge < -0.3 is 30.3 Å². The third kappa shape index (κ3) is 13.8. The molecule has 14 nitrogen and oxygen atoms in total. The minimum atomic E-state index is -1.28. The van der Waals surface area contributed by atoms with Gasteiger partial charge in [0.1, 0.15) is 12.4 Å². The number of carboxylic acids is 5. The van der Waals surface area contributed by atoms with E-state index in [4.69, 9.17) is 21.4 Å². The zero-order chi connectivity index (χ0) is 28.7. The largest absolute Gasteiger partial charge is 0.481 e. The number of carboxylic acid groups (broad SMARTS) is 5. The van der Waals surface area contributed by atoms with Crippen LogP contribution in [0.25, 0.3) is 0 Å². The van der Waals surface area contributed by atoms with E-state index in [1.807, 2.05) is 0 Å². The lowest BCUT2D eigenvalue weighted by molar-refractivity contribution is -0.144. The Bertz CT molecular complexity index is 975. The van der Waals surface area contributed by atoms with Crippen molar-refractivity contribution in [2.75, 3.05) is 59.0 Å². The molecule has 1 atom stereocenters. The highest BCUT2D eigenvalue weighted by Gasteiger charge is 2.27. The fourth-order valence-corrected chi connectivity index (χ4v) is 3.69. The summed E-state index contributed by atoms with van der Waals surface area (Å²) in [6.45, 7) is -3.21. The van der Waals surface area contributed by atoms with Crippen LogP contribution in [0.4, 0.5) is 0 Å². The Hall–Kier alpha value is -4.19. The second kappa shape index (κ2) is 16.5. The second-order valence-electron chi connectivity index (χ2n) is 8.31. The van der Waals surface area contributed by atoms with Crippen LogP contribution in [0.2, 0.25) is 0 Å². The first-order valence-electron chi connectivity index (χ1n) is 11.3. The summed E-state index contributed by atoms with van der Waals surface area (Å²) in [4.78, 5) is 60.4. The fourth-order valence-electron chi connectivity index (χ4n) is 3.69. The van der Waals surface area contributed by atoms with Gasteiger partial charge in [-0.05, 0) is 24.1 Å². The molecule has 1 aromatic rings. The number of ether oxygens (including phenoxy) is 1. The van der Waals surface area contributed by atoms with E-state index in [1.54, 1.807) is 24.3 Å². The summed E-state index contributed by atoms with van der Waals surface area (Å²) in [6, 6.07) is 5.84. The number of aliphatic carboxylic acids is 5. The van der Waals surface area contributed by atoms with Crippen molar-refractivity contribution in [2.45, 2.75) is 12.5 Å². The molecule has 0 bridgehead atoms. The number of rotatable bonds is 20. The Morgan fingerprint density at radius 3 is 1.63 bits per heavy atom. The topological polar surface area (TPSA) is 205 Å². The zero-order valence-corrected chi connectivity index (χ0v) is 20.6. The van der Waals surface area contributed by atoms with E-state index in [-0.39, 0.29) is 32.7 Å². The molecule has 0 radical (unpaired) electrons. The molecule has 1 aromatic carbocycles. The average molecular weight is 538 g/mol. The van der Waals surface area contributed by atoms with Gasteiger partial charge in [-0.1, -0.05) is 18.1 Å². The summed E-state index contributed by atoms with van der Waals surface area (Å²) < 4.78 is 5.32. The molecule has 14 heteroatoms. The van der Waals surface area contributed by atoms with E-state index in [1.165, 1.54) is 9.80 Å². The molecule has 0 heterocycles. The molecule has 208 valence electrons. The number of carbonyl (C=O) groups is 5. The van der Waals surface area contributed by atoms with Gasteiger partial charge in [-0.2, -0.15) is 0 Å². The van der Waals surface area contributed by atoms with E-state index in [0.29, 0.717) is 11.3 Å². The van der Waals surface area contributed by atoms with Gasteiger partial charge in [0.2, 0.25) is 0 Å². The molecule has 0 spiro atoms. The Morgan fingerprint density at radius 2 is 1.18 bits per heavy atom. The monoisotopic (exact) mass is 537 g/mol. The molecule has 1 unspecified atom stereocenters. The summed E-state index contributed by atoms with van der Waals surface area (Å²) in [5.41, 5.74) is 0.678. The molecular formula is C24H31N3O11. The van der Waals surface area contributed by atoms with Gasteiger partial charge >= 0.3 is 29.8 Å². The van der Waals surface area contributed by atoms with E-state index < -0.39 is 68.6 Å². The molecular weight excluding hydrogens is 506 g/mol. The van der Waals surface area contributed by atoms with Gasteiger partial charge in [0.25, 0.3) is 0 Å². The Balaban J connectivity index is 3.21. The number of terminal acetylenes is 1. The third-order valence-corrected chi connectivity index (χ3v) is 5.19. The minimum Gasteiger partial charge on any atom is -0.481 e. The molecule has 0 aliphatic rings. The summed E-state index contributed by atoms with van der Waals surface area (Å²) in [5.74, 6) is -3.52. The van der Waals surface area contributed by atoms with E-state index in [2.05, 4.69) is 5.92 Å². The van der Waals surface area contributed by atoms with Gasteiger partial charge in [-0.3, -0.25) is 38.7 Å². The van der Waals surface area contributed by atoms with Crippen LogP contribution in [0.1, 0.15) is 5.56 Å². The van der Waals surface area contributed by atoms with Crippen molar-refractivity contribution in [2.24, 2.45) is 0 Å². The molecule has 0 amide bonds. The fraction of sp³-hybridized carbons (Fsp3) is 0.458. The third-order valence-electron chi connectivity index (χ3n) is 5.19. The van der Waals surface area contributed by atoms with Crippen molar-refractivity contribution >= 4 is 29.8 Å². The van der Waals surface area contributed by atoms with E-state index >= 15 is 0 Å². The number of hydrogen-bond acceptors (Lipinski definition) is 9. The molecule has 0 saturated heterocycles. The predicted molar refractivity (Wildman–Crippen MR) is 131 cm³/mol. The van der Waals surface area contributed by atoms with Gasteiger partial charge in [-0.25, -0.2) is 0 Å². The maximum absolute atomic E-state index is 11.5. The van der Waals surface area contributed by atoms with Crippen molar-refractivity contribution in [3.8, 4) is 18.1 Å². The normalized spacial score (nSPS) is 11.7. The second-order valence-corrected chi connectivity index (χ2v) is 8.31. The van der Waals surface area contributed by atoms with Crippen LogP contribution >= 0.6 is 0 Å². The summed E-state index contributed by atoms with van der Waals surface area (Å²) in [6.07, 6.45) is 5.31. The highest BCUT2D eigenvalue weighted by Crippen LogP contribution is 2.16. The highest BCUT2D eigenvalue weighted by atomic mass is 16.5. The van der Waals surface area contributed by atoms with Crippen molar-refractivity contribution in [3.63, 3.8) is 0 Å². The molecule has 5 N–H and O–H groups in total. The number of benzene rings is 1. The van der Waals surface area contributed by atoms with Crippen molar-refractivity contribution in [1.82, 2.24) is 14.7 Å². The molecule has 38 heavy (non-hydrogen) atoms. The lowest BCUT2D eigenvalue weighted by Crippen LogP contribution is -2.51. The average Bonchev–Trinajstić information content (AvgIpc) is 2.79. The van der Waals surface area contributed by atoms with E-state index in [9.17, 15) is 39.3 Å². The van der Waals surface area contributed by atoms with Gasteiger partial charge in [-0.15, -0.1) is 6.42 Å². The Morgan fingerprint density at radius 1 is 0.737 bits per heavy atom. The first-order chi connectivity index (χ1) is 17.9. The molecule has 0 aliphatic carbocycles.